The number of rotatable bonds is 8. The zero-order valence-electron chi connectivity index (χ0n) is 29.1. The summed E-state index contributed by atoms with van der Waals surface area (Å²) in [6.45, 7) is 3.09. The molecule has 18 heteroatoms. The summed E-state index contributed by atoms with van der Waals surface area (Å²) in [6.07, 6.45) is 0. The first-order valence-electron chi connectivity index (χ1n) is 16.2. The lowest BCUT2D eigenvalue weighted by Crippen LogP contribution is -2.29. The fourth-order valence-electron chi connectivity index (χ4n) is 5.79. The average molecular weight is 799 g/mol. The van der Waals surface area contributed by atoms with Crippen LogP contribution in [-0.2, 0) is 29.8 Å². The number of benzene rings is 6. The molecule has 0 heterocycles. The molecule has 286 valence electrons. The number of fused-ring (bicyclic) bond motifs is 2. The number of phenolic OH excluding ortho intramolecular Hbond substituents is 2. The highest BCUT2D eigenvalue weighted by molar-refractivity contribution is 7.86. The van der Waals surface area contributed by atoms with Crippen molar-refractivity contribution in [2.24, 2.45) is 0 Å². The molecule has 6 aromatic rings. The van der Waals surface area contributed by atoms with Gasteiger partial charge in [-0.3, -0.25) is 28.3 Å². The van der Waals surface area contributed by atoms with E-state index in [2.05, 4.69) is 21.3 Å². The van der Waals surface area contributed by atoms with Gasteiger partial charge in [-0.05, 0) is 131 Å². The molecule has 0 bridgehead atoms. The van der Waals surface area contributed by atoms with E-state index in [-0.39, 0.29) is 45.4 Å². The predicted octanol–water partition coefficient (Wildman–Crippen LogP) is 5.60. The van der Waals surface area contributed by atoms with Crippen LogP contribution in [0.5, 0.6) is 11.5 Å². The lowest BCUT2D eigenvalue weighted by molar-refractivity contribution is -0.133. The van der Waals surface area contributed by atoms with Crippen molar-refractivity contribution < 1.29 is 55.3 Å². The van der Waals surface area contributed by atoms with Crippen LogP contribution in [0.25, 0.3) is 21.5 Å². The molecule has 0 aliphatic rings. The Morgan fingerprint density at radius 3 is 1.16 bits per heavy atom. The van der Waals surface area contributed by atoms with Crippen molar-refractivity contribution in [2.75, 3.05) is 21.3 Å². The third-order valence-corrected chi connectivity index (χ3v) is 10.4. The molecule has 16 nitrogen and oxygen atoms in total. The number of carbonyl (C=O) groups is 4. The van der Waals surface area contributed by atoms with Gasteiger partial charge in [0.05, 0.1) is 11.4 Å². The third kappa shape index (κ3) is 8.43. The molecular weight excluding hydrogens is 769 g/mol. The van der Waals surface area contributed by atoms with E-state index in [4.69, 9.17) is 0 Å². The molecule has 0 aliphatic heterocycles. The van der Waals surface area contributed by atoms with Gasteiger partial charge in [-0.1, -0.05) is 12.1 Å². The van der Waals surface area contributed by atoms with E-state index >= 15 is 0 Å². The zero-order valence-corrected chi connectivity index (χ0v) is 30.7. The third-order valence-electron chi connectivity index (χ3n) is 8.58. The number of aromatic hydroxyl groups is 2. The van der Waals surface area contributed by atoms with Gasteiger partial charge in [-0.25, -0.2) is 0 Å². The minimum absolute atomic E-state index is 0.0381. The molecule has 0 aromatic heterocycles. The fourth-order valence-corrected chi connectivity index (χ4v) is 7.12. The van der Waals surface area contributed by atoms with Crippen LogP contribution in [0.15, 0.2) is 107 Å². The van der Waals surface area contributed by atoms with Crippen LogP contribution >= 0.6 is 0 Å². The Bertz CT molecular complexity index is 2700. The molecule has 6 aromatic carbocycles. The van der Waals surface area contributed by atoms with Crippen LogP contribution in [0.4, 0.5) is 22.7 Å². The monoisotopic (exact) mass is 798 g/mol. The lowest BCUT2D eigenvalue weighted by atomic mass is 10.1. The minimum Gasteiger partial charge on any atom is -0.508 e. The van der Waals surface area contributed by atoms with Gasteiger partial charge in [0.25, 0.3) is 32.1 Å². The van der Waals surface area contributed by atoms with E-state index in [9.17, 15) is 55.3 Å². The second kappa shape index (κ2) is 14.8. The summed E-state index contributed by atoms with van der Waals surface area (Å²) in [6, 6.07) is 21.2. The van der Waals surface area contributed by atoms with Crippen molar-refractivity contribution in [3.63, 3.8) is 0 Å². The maximum Gasteiger partial charge on any atom is 0.314 e. The second-order valence-corrected chi connectivity index (χ2v) is 15.4. The van der Waals surface area contributed by atoms with E-state index in [1.54, 1.807) is 13.8 Å². The molecule has 6 rings (SSSR count). The van der Waals surface area contributed by atoms with E-state index in [1.807, 2.05) is 0 Å². The van der Waals surface area contributed by atoms with Crippen molar-refractivity contribution in [2.45, 2.75) is 23.6 Å². The summed E-state index contributed by atoms with van der Waals surface area (Å²) in [5.74, 6) is -3.90. The summed E-state index contributed by atoms with van der Waals surface area (Å²) in [4.78, 5) is 50.9. The number of amides is 4. The van der Waals surface area contributed by atoms with Crippen LogP contribution in [-0.4, -0.2) is 59.8 Å². The molecule has 0 saturated heterocycles. The highest BCUT2D eigenvalue weighted by Gasteiger charge is 2.23. The highest BCUT2D eigenvalue weighted by atomic mass is 32.2. The molecule has 0 radical (unpaired) electrons. The van der Waals surface area contributed by atoms with Gasteiger partial charge < -0.3 is 31.5 Å². The van der Waals surface area contributed by atoms with Crippen LogP contribution in [0.2, 0.25) is 0 Å². The summed E-state index contributed by atoms with van der Waals surface area (Å²) in [5, 5.41) is 30.9. The Morgan fingerprint density at radius 2 is 0.821 bits per heavy atom. The maximum absolute atomic E-state index is 13.1. The zero-order chi connectivity index (χ0) is 40.7. The van der Waals surface area contributed by atoms with Gasteiger partial charge in [0, 0.05) is 22.5 Å². The molecule has 8 N–H and O–H groups in total. The van der Waals surface area contributed by atoms with Gasteiger partial charge in [0.15, 0.2) is 0 Å². The molecule has 0 aliphatic carbocycles. The smallest absolute Gasteiger partial charge is 0.314 e. The summed E-state index contributed by atoms with van der Waals surface area (Å²) in [5.41, 5.74) is 0.617. The molecule has 0 unspecified atom stereocenters. The molecule has 0 fully saturated rings. The number of phenols is 2. The number of hydrogen-bond acceptors (Lipinski definition) is 10. The quantitative estimate of drug-likeness (QED) is 0.0691. The summed E-state index contributed by atoms with van der Waals surface area (Å²) >= 11 is 0. The number of anilines is 4. The normalized spacial score (nSPS) is 11.6. The van der Waals surface area contributed by atoms with E-state index in [0.29, 0.717) is 32.7 Å². The number of carbonyl (C=O) groups excluding carboxylic acids is 4. The summed E-state index contributed by atoms with van der Waals surface area (Å²) in [7, 11) is -9.54. The minimum atomic E-state index is -4.77. The van der Waals surface area contributed by atoms with Crippen LogP contribution in [0.1, 0.15) is 31.8 Å². The molecule has 4 amide bonds. The number of aryl methyl sites for hydroxylation is 2. The Hall–Kier alpha value is -6.86. The van der Waals surface area contributed by atoms with E-state index in [1.165, 1.54) is 84.9 Å². The van der Waals surface area contributed by atoms with Gasteiger partial charge in [-0.2, -0.15) is 16.8 Å². The standard InChI is InChI=1S/C38H30N4O12S2/c1-19-11-23(35(45)41-31-15-25-13-27(43)7-3-21(25)17-33(31)55(49,50)51)5-9-29(19)39-37(47)38(48)40-30-10-6-24(12-20(30)2)36(46)42-32-16-26-14-28(44)8-4-22(26)18-34(32)56(52,53)54/h3-18,43-44H,1-2H3,(H,39,47)(H,40,48)(H,41,45)(H,42,46)(H,49,50,51)(H,52,53,54). The van der Waals surface area contributed by atoms with Crippen LogP contribution < -0.4 is 21.3 Å². The molecule has 0 spiro atoms. The Kier molecular flexibility index (Phi) is 10.2. The van der Waals surface area contributed by atoms with Gasteiger partial charge in [-0.15, -0.1) is 0 Å². The van der Waals surface area contributed by atoms with Crippen LogP contribution in [0.3, 0.4) is 0 Å². The Morgan fingerprint density at radius 1 is 0.446 bits per heavy atom. The van der Waals surface area contributed by atoms with Crippen molar-refractivity contribution in [1.82, 2.24) is 0 Å². The maximum atomic E-state index is 13.1. The average Bonchev–Trinajstić information content (AvgIpc) is 3.11. The predicted molar refractivity (Wildman–Crippen MR) is 206 cm³/mol. The summed E-state index contributed by atoms with van der Waals surface area (Å²) < 4.78 is 67.9. The van der Waals surface area contributed by atoms with E-state index in [0.717, 1.165) is 12.1 Å². The first-order chi connectivity index (χ1) is 26.3. The van der Waals surface area contributed by atoms with Gasteiger partial charge in [0.1, 0.15) is 21.3 Å². The molecule has 56 heavy (non-hydrogen) atoms. The first kappa shape index (κ1) is 38.9. The Labute approximate surface area is 318 Å². The SMILES string of the molecule is Cc1cc(C(=O)Nc2cc3cc(O)ccc3cc2S(=O)(=O)O)ccc1NC(=O)C(=O)Nc1ccc(C(=O)Nc2cc3cc(O)ccc3cc2S(=O)(=O)O)cc1C. The highest BCUT2D eigenvalue weighted by Crippen LogP contribution is 2.32. The Balaban J connectivity index is 1.12. The number of nitrogens with one attached hydrogen (secondary N) is 4. The van der Waals surface area contributed by atoms with Crippen molar-refractivity contribution >= 4 is 88.2 Å². The molecule has 0 atom stereocenters. The van der Waals surface area contributed by atoms with E-state index < -0.39 is 53.7 Å². The molecular formula is C38H30N4O12S2. The van der Waals surface area contributed by atoms with Gasteiger partial charge >= 0.3 is 11.8 Å². The van der Waals surface area contributed by atoms with Crippen molar-refractivity contribution in [3.05, 3.63) is 119 Å². The number of hydrogen-bond donors (Lipinski definition) is 8. The largest absolute Gasteiger partial charge is 0.508 e. The molecule has 0 saturated carbocycles. The topological polar surface area (TPSA) is 266 Å². The first-order valence-corrected chi connectivity index (χ1v) is 19.1. The fraction of sp³-hybridized carbons (Fsp3) is 0.0526. The second-order valence-electron chi connectivity index (χ2n) is 12.6. The van der Waals surface area contributed by atoms with Crippen molar-refractivity contribution in [1.29, 1.82) is 0 Å². The van der Waals surface area contributed by atoms with Crippen molar-refractivity contribution in [3.8, 4) is 11.5 Å². The lowest BCUT2D eigenvalue weighted by Gasteiger charge is -2.14. The van der Waals surface area contributed by atoms with Crippen LogP contribution in [0, 0.1) is 13.8 Å². The van der Waals surface area contributed by atoms with Gasteiger partial charge in [0.2, 0.25) is 0 Å².